The highest BCUT2D eigenvalue weighted by Crippen LogP contribution is 2.21. The van der Waals surface area contributed by atoms with Crippen molar-refractivity contribution in [3.63, 3.8) is 0 Å². The number of carbonyl (C=O) groups is 1. The molecule has 7 heteroatoms. The number of piperidine rings is 1. The molecule has 1 aliphatic heterocycles. The van der Waals surface area contributed by atoms with Gasteiger partial charge in [-0.1, -0.05) is 0 Å². The van der Waals surface area contributed by atoms with Gasteiger partial charge in [-0.3, -0.25) is 14.2 Å². The van der Waals surface area contributed by atoms with E-state index in [1.54, 1.807) is 21.7 Å². The minimum absolute atomic E-state index is 0.209. The van der Waals surface area contributed by atoms with Gasteiger partial charge in [0.15, 0.2) is 11.5 Å². The molecule has 7 nitrogen and oxygen atoms in total. The Labute approximate surface area is 127 Å². The van der Waals surface area contributed by atoms with Gasteiger partial charge in [0.2, 0.25) is 0 Å². The van der Waals surface area contributed by atoms with Gasteiger partial charge in [0.05, 0.1) is 5.92 Å². The number of hydrogen-bond acceptors (Lipinski definition) is 5. The second-order valence-electron chi connectivity index (χ2n) is 5.45. The summed E-state index contributed by atoms with van der Waals surface area (Å²) in [7, 11) is 0. The van der Waals surface area contributed by atoms with Gasteiger partial charge in [-0.2, -0.15) is 0 Å². The van der Waals surface area contributed by atoms with Crippen molar-refractivity contribution in [1.29, 1.82) is 0 Å². The predicted octanol–water partition coefficient (Wildman–Crippen LogP) is 1.11. The number of carboxylic acid groups (broad SMARTS) is 1. The fraction of sp³-hybridized carbons (Fsp3) is 0.467. The molecule has 1 N–H and O–H groups in total. The van der Waals surface area contributed by atoms with Gasteiger partial charge in [-0.25, -0.2) is 9.97 Å². The third-order valence-corrected chi connectivity index (χ3v) is 4.07. The standard InChI is InChI=1S/C15H18N4O3/c1-2-19-12-11(6-3-7-16-12)17-13(14(19)20)18-8-4-5-10(9-18)15(21)22/h3,6-7,10H,2,4-5,8-9H2,1H3,(H,21,22)/t10-/m0/s1. The maximum Gasteiger partial charge on any atom is 0.308 e. The first-order valence-electron chi connectivity index (χ1n) is 7.45. The van der Waals surface area contributed by atoms with E-state index in [-0.39, 0.29) is 5.56 Å². The second-order valence-corrected chi connectivity index (χ2v) is 5.45. The average molecular weight is 302 g/mol. The molecule has 0 saturated carbocycles. The van der Waals surface area contributed by atoms with Gasteiger partial charge in [0, 0.05) is 25.8 Å². The minimum Gasteiger partial charge on any atom is -0.481 e. The second kappa shape index (κ2) is 5.75. The molecule has 0 aliphatic carbocycles. The van der Waals surface area contributed by atoms with E-state index in [2.05, 4.69) is 9.97 Å². The first-order valence-corrected chi connectivity index (χ1v) is 7.45. The summed E-state index contributed by atoms with van der Waals surface area (Å²) in [6.45, 7) is 3.36. The number of hydrogen-bond donors (Lipinski definition) is 1. The molecule has 0 amide bonds. The topological polar surface area (TPSA) is 88.3 Å². The molecule has 1 atom stereocenters. The Morgan fingerprint density at radius 3 is 3.05 bits per heavy atom. The highest BCUT2D eigenvalue weighted by atomic mass is 16.4. The lowest BCUT2D eigenvalue weighted by molar-refractivity contribution is -0.141. The molecule has 0 unspecified atom stereocenters. The molecule has 0 bridgehead atoms. The fourth-order valence-electron chi connectivity index (χ4n) is 2.93. The van der Waals surface area contributed by atoms with E-state index in [0.29, 0.717) is 43.0 Å². The first-order chi connectivity index (χ1) is 10.6. The van der Waals surface area contributed by atoms with Crippen LogP contribution in [0.25, 0.3) is 11.2 Å². The van der Waals surface area contributed by atoms with Crippen molar-refractivity contribution >= 4 is 23.0 Å². The summed E-state index contributed by atoms with van der Waals surface area (Å²) in [6.07, 6.45) is 3.02. The number of fused-ring (bicyclic) bond motifs is 1. The maximum atomic E-state index is 12.7. The van der Waals surface area contributed by atoms with E-state index >= 15 is 0 Å². The van der Waals surface area contributed by atoms with Gasteiger partial charge >= 0.3 is 5.97 Å². The summed E-state index contributed by atoms with van der Waals surface area (Å²) in [4.78, 5) is 34.3. The van der Waals surface area contributed by atoms with E-state index in [1.807, 2.05) is 13.0 Å². The normalized spacial score (nSPS) is 18.6. The zero-order valence-corrected chi connectivity index (χ0v) is 12.4. The molecule has 3 rings (SSSR count). The lowest BCUT2D eigenvalue weighted by Gasteiger charge is -2.31. The van der Waals surface area contributed by atoms with Crippen LogP contribution in [-0.4, -0.2) is 38.7 Å². The third-order valence-electron chi connectivity index (χ3n) is 4.07. The van der Waals surface area contributed by atoms with Crippen LogP contribution in [0.5, 0.6) is 0 Å². The van der Waals surface area contributed by atoms with Crippen LogP contribution in [-0.2, 0) is 11.3 Å². The van der Waals surface area contributed by atoms with E-state index in [1.165, 1.54) is 0 Å². The van der Waals surface area contributed by atoms with Crippen molar-refractivity contribution in [1.82, 2.24) is 14.5 Å². The van der Waals surface area contributed by atoms with Crippen molar-refractivity contribution in [3.05, 3.63) is 28.7 Å². The van der Waals surface area contributed by atoms with Crippen LogP contribution in [0, 0.1) is 5.92 Å². The Morgan fingerprint density at radius 1 is 1.50 bits per heavy atom. The number of rotatable bonds is 3. The van der Waals surface area contributed by atoms with Crippen LogP contribution in [0.1, 0.15) is 19.8 Å². The summed E-state index contributed by atoms with van der Waals surface area (Å²) in [6, 6.07) is 3.59. The minimum atomic E-state index is -0.817. The van der Waals surface area contributed by atoms with Gasteiger partial charge in [-0.05, 0) is 31.9 Å². The number of aryl methyl sites for hydroxylation is 1. The Hall–Kier alpha value is -2.44. The maximum absolute atomic E-state index is 12.7. The summed E-state index contributed by atoms with van der Waals surface area (Å²) < 4.78 is 1.59. The quantitative estimate of drug-likeness (QED) is 0.914. The molecular weight excluding hydrogens is 284 g/mol. The van der Waals surface area contributed by atoms with Crippen LogP contribution < -0.4 is 10.5 Å². The number of nitrogens with zero attached hydrogens (tertiary/aromatic N) is 4. The zero-order valence-electron chi connectivity index (χ0n) is 12.4. The SMILES string of the molecule is CCn1c(=O)c(N2CCC[C@H](C(=O)O)C2)nc2cccnc21. The molecule has 0 spiro atoms. The van der Waals surface area contributed by atoms with Crippen molar-refractivity contribution in [2.24, 2.45) is 5.92 Å². The van der Waals surface area contributed by atoms with E-state index in [0.717, 1.165) is 6.42 Å². The van der Waals surface area contributed by atoms with Crippen LogP contribution in [0.2, 0.25) is 0 Å². The summed E-state index contributed by atoms with van der Waals surface area (Å²) in [5.74, 6) is -0.939. The Kier molecular flexibility index (Phi) is 3.79. The van der Waals surface area contributed by atoms with E-state index in [4.69, 9.17) is 0 Å². The van der Waals surface area contributed by atoms with Crippen LogP contribution in [0.3, 0.4) is 0 Å². The molecular formula is C15H18N4O3. The summed E-state index contributed by atoms with van der Waals surface area (Å²) in [5.41, 5.74) is 1.00. The number of carboxylic acids is 1. The zero-order chi connectivity index (χ0) is 15.7. The highest BCUT2D eigenvalue weighted by Gasteiger charge is 2.28. The van der Waals surface area contributed by atoms with Crippen molar-refractivity contribution in [2.75, 3.05) is 18.0 Å². The number of aliphatic carboxylic acids is 1. The largest absolute Gasteiger partial charge is 0.481 e. The fourth-order valence-corrected chi connectivity index (χ4v) is 2.93. The van der Waals surface area contributed by atoms with Crippen LogP contribution in [0.4, 0.5) is 5.82 Å². The summed E-state index contributed by atoms with van der Waals surface area (Å²) in [5, 5.41) is 9.20. The van der Waals surface area contributed by atoms with Gasteiger partial charge in [0.1, 0.15) is 5.52 Å². The van der Waals surface area contributed by atoms with Gasteiger partial charge < -0.3 is 10.0 Å². The molecule has 2 aromatic heterocycles. The third kappa shape index (κ3) is 2.43. The molecule has 0 aromatic carbocycles. The van der Waals surface area contributed by atoms with Crippen LogP contribution >= 0.6 is 0 Å². The molecule has 3 heterocycles. The molecule has 1 fully saturated rings. The Bertz CT molecular complexity index is 771. The van der Waals surface area contributed by atoms with Gasteiger partial charge in [-0.15, -0.1) is 0 Å². The van der Waals surface area contributed by atoms with E-state index < -0.39 is 11.9 Å². The monoisotopic (exact) mass is 302 g/mol. The average Bonchev–Trinajstić information content (AvgIpc) is 2.54. The molecule has 0 radical (unpaired) electrons. The molecule has 2 aromatic rings. The number of pyridine rings is 1. The van der Waals surface area contributed by atoms with E-state index in [9.17, 15) is 14.7 Å². The lowest BCUT2D eigenvalue weighted by atomic mass is 9.98. The molecule has 1 aliphatic rings. The van der Waals surface area contributed by atoms with Crippen molar-refractivity contribution < 1.29 is 9.90 Å². The first kappa shape index (κ1) is 14.5. The molecule has 1 saturated heterocycles. The Morgan fingerprint density at radius 2 is 2.32 bits per heavy atom. The molecule has 22 heavy (non-hydrogen) atoms. The highest BCUT2D eigenvalue weighted by molar-refractivity contribution is 5.73. The van der Waals surface area contributed by atoms with Crippen molar-refractivity contribution in [2.45, 2.75) is 26.3 Å². The Balaban J connectivity index is 2.09. The number of aromatic nitrogens is 3. The van der Waals surface area contributed by atoms with Gasteiger partial charge in [0.25, 0.3) is 5.56 Å². The van der Waals surface area contributed by atoms with Crippen molar-refractivity contribution in [3.8, 4) is 0 Å². The smallest absolute Gasteiger partial charge is 0.308 e. The lowest BCUT2D eigenvalue weighted by Crippen LogP contribution is -2.42. The number of anilines is 1. The summed E-state index contributed by atoms with van der Waals surface area (Å²) >= 11 is 0. The molecule has 116 valence electrons. The predicted molar refractivity (Wildman–Crippen MR) is 82.0 cm³/mol. The van der Waals surface area contributed by atoms with Crippen LogP contribution in [0.15, 0.2) is 23.1 Å².